The summed E-state index contributed by atoms with van der Waals surface area (Å²) in [6.07, 6.45) is -10.3. The van der Waals surface area contributed by atoms with E-state index in [-0.39, 0.29) is 17.4 Å². The van der Waals surface area contributed by atoms with Gasteiger partial charge in [-0.2, -0.15) is 26.3 Å². The fourth-order valence-electron chi connectivity index (χ4n) is 5.93. The SMILES string of the molecule is COC(=O)C[P@@]1(=O)O[C@@H]2[C@@H]([C@H]3CC[C@]2(C)C3(C)C)N1c1cc(C(F)(F)F)cc(C(F)(F)F)c1. The van der Waals surface area contributed by atoms with Crippen LogP contribution in [0.5, 0.6) is 0 Å². The lowest BCUT2D eigenvalue weighted by atomic mass is 9.70. The molecule has 33 heavy (non-hydrogen) atoms. The van der Waals surface area contributed by atoms with Gasteiger partial charge >= 0.3 is 25.8 Å². The van der Waals surface area contributed by atoms with Gasteiger partial charge in [0.2, 0.25) is 0 Å². The highest BCUT2D eigenvalue weighted by atomic mass is 31.2. The zero-order valence-corrected chi connectivity index (χ0v) is 19.3. The largest absolute Gasteiger partial charge is 0.469 e. The van der Waals surface area contributed by atoms with Crippen LogP contribution in [0.4, 0.5) is 32.0 Å². The first-order valence-corrected chi connectivity index (χ1v) is 12.2. The van der Waals surface area contributed by atoms with E-state index in [2.05, 4.69) is 4.74 Å². The molecule has 0 spiro atoms. The van der Waals surface area contributed by atoms with E-state index in [1.54, 1.807) is 0 Å². The molecule has 2 bridgehead atoms. The van der Waals surface area contributed by atoms with Crippen molar-refractivity contribution in [2.45, 2.75) is 58.1 Å². The minimum Gasteiger partial charge on any atom is -0.469 e. The Balaban J connectivity index is 1.93. The topological polar surface area (TPSA) is 55.8 Å². The maximum atomic E-state index is 14.0. The van der Waals surface area contributed by atoms with Crippen LogP contribution >= 0.6 is 7.52 Å². The molecule has 1 aliphatic heterocycles. The molecule has 12 heteroatoms. The van der Waals surface area contributed by atoms with Crippen LogP contribution in [0.1, 0.15) is 44.7 Å². The lowest BCUT2D eigenvalue weighted by Crippen LogP contribution is -2.42. The number of esters is 1. The number of hydrogen-bond donors (Lipinski definition) is 0. The van der Waals surface area contributed by atoms with Crippen molar-refractivity contribution in [2.24, 2.45) is 16.7 Å². The van der Waals surface area contributed by atoms with Crippen molar-refractivity contribution < 1.29 is 45.0 Å². The molecule has 2 saturated carbocycles. The molecule has 0 aromatic heterocycles. The Morgan fingerprint density at radius 3 is 2.15 bits per heavy atom. The summed E-state index contributed by atoms with van der Waals surface area (Å²) in [6.45, 7) is 5.88. The van der Waals surface area contributed by atoms with E-state index in [1.165, 1.54) is 0 Å². The van der Waals surface area contributed by atoms with E-state index >= 15 is 0 Å². The predicted octanol–water partition coefficient (Wildman–Crippen LogP) is 6.12. The lowest BCUT2D eigenvalue weighted by Gasteiger charge is -2.38. The second-order valence-corrected chi connectivity index (χ2v) is 12.0. The number of methoxy groups -OCH3 is 1. The van der Waals surface area contributed by atoms with Crippen LogP contribution in [-0.2, 0) is 31.0 Å². The number of fused-ring (bicyclic) bond motifs is 5. The minimum absolute atomic E-state index is 0.0230. The second kappa shape index (κ2) is 7.13. The molecule has 1 heterocycles. The molecular formula is C21H24F6NO4P. The van der Waals surface area contributed by atoms with Crippen molar-refractivity contribution >= 4 is 19.2 Å². The molecular weight excluding hydrogens is 475 g/mol. The summed E-state index contributed by atoms with van der Waals surface area (Å²) >= 11 is 0. The molecule has 0 unspecified atom stereocenters. The number of ether oxygens (including phenoxy) is 1. The number of halogens is 6. The smallest absolute Gasteiger partial charge is 0.416 e. The first-order valence-electron chi connectivity index (χ1n) is 10.4. The first-order chi connectivity index (χ1) is 15.0. The van der Waals surface area contributed by atoms with Crippen LogP contribution in [0, 0.1) is 16.7 Å². The second-order valence-electron chi connectivity index (χ2n) is 9.78. The fraction of sp³-hybridized carbons (Fsp3) is 0.667. The number of nitrogens with zero attached hydrogens (tertiary/aromatic N) is 1. The third kappa shape index (κ3) is 3.49. The quantitative estimate of drug-likeness (QED) is 0.285. The first kappa shape index (κ1) is 24.4. The van der Waals surface area contributed by atoms with E-state index in [0.717, 1.165) is 11.8 Å². The van der Waals surface area contributed by atoms with Gasteiger partial charge in [0.05, 0.1) is 30.4 Å². The summed E-state index contributed by atoms with van der Waals surface area (Å²) in [6, 6.07) is 0.381. The summed E-state index contributed by atoms with van der Waals surface area (Å²) in [4.78, 5) is 12.0. The van der Waals surface area contributed by atoms with Crippen molar-refractivity contribution in [2.75, 3.05) is 17.9 Å². The number of alkyl halides is 6. The minimum atomic E-state index is -5.07. The number of benzene rings is 1. The van der Waals surface area contributed by atoms with E-state index in [0.29, 0.717) is 25.0 Å². The Labute approximate surface area is 186 Å². The van der Waals surface area contributed by atoms with Crippen LogP contribution in [0.3, 0.4) is 0 Å². The standard InChI is InChI=1S/C21H24F6NO4P/c1-18(2)14-5-6-19(18,3)17-16(14)28(33(30,32-17)10-15(29)31-4)13-8-11(20(22,23)24)7-12(9-13)21(25,26)27/h7-9,14,16-17H,5-6,10H2,1-4H3/t14-,16-,17-,19+,33-/m1/s1. The van der Waals surface area contributed by atoms with Gasteiger partial charge in [-0.05, 0) is 42.4 Å². The Kier molecular flexibility index (Phi) is 5.27. The predicted molar refractivity (Wildman–Crippen MR) is 107 cm³/mol. The molecule has 1 aromatic rings. The Morgan fingerprint density at radius 1 is 1.12 bits per heavy atom. The van der Waals surface area contributed by atoms with Gasteiger partial charge in [-0.15, -0.1) is 0 Å². The van der Waals surface area contributed by atoms with Crippen LogP contribution in [0.2, 0.25) is 0 Å². The molecule has 5 atom stereocenters. The van der Waals surface area contributed by atoms with Crippen molar-refractivity contribution in [3.8, 4) is 0 Å². The molecule has 1 aromatic carbocycles. The average Bonchev–Trinajstić information content (AvgIpc) is 3.16. The molecule has 184 valence electrons. The monoisotopic (exact) mass is 499 g/mol. The molecule has 3 aliphatic rings. The van der Waals surface area contributed by atoms with E-state index < -0.39 is 66.4 Å². The van der Waals surface area contributed by atoms with Gasteiger partial charge in [-0.3, -0.25) is 14.0 Å². The van der Waals surface area contributed by atoms with Crippen LogP contribution in [0.15, 0.2) is 18.2 Å². The molecule has 3 fully saturated rings. The maximum absolute atomic E-state index is 14.0. The number of hydrogen-bond acceptors (Lipinski definition) is 4. The molecule has 4 rings (SSSR count). The van der Waals surface area contributed by atoms with Crippen molar-refractivity contribution in [3.05, 3.63) is 29.3 Å². The highest BCUT2D eigenvalue weighted by Crippen LogP contribution is 2.76. The number of anilines is 1. The molecule has 5 nitrogen and oxygen atoms in total. The van der Waals surface area contributed by atoms with Gasteiger partial charge < -0.3 is 9.26 Å². The van der Waals surface area contributed by atoms with Gasteiger partial charge in [0.1, 0.15) is 6.16 Å². The number of rotatable bonds is 3. The Hall–Kier alpha value is -1.74. The van der Waals surface area contributed by atoms with Crippen molar-refractivity contribution in [1.82, 2.24) is 0 Å². The zero-order chi connectivity index (χ0) is 24.8. The normalized spacial score (nSPS) is 35.1. The zero-order valence-electron chi connectivity index (χ0n) is 18.4. The number of carbonyl (C=O) groups is 1. The van der Waals surface area contributed by atoms with E-state index in [9.17, 15) is 35.7 Å². The third-order valence-corrected chi connectivity index (χ3v) is 10.4. The third-order valence-electron chi connectivity index (χ3n) is 8.01. The molecule has 0 N–H and O–H groups in total. The van der Waals surface area contributed by atoms with Gasteiger partial charge in [0.15, 0.2) is 0 Å². The molecule has 2 aliphatic carbocycles. The number of carbonyl (C=O) groups excluding carboxylic acids is 1. The lowest BCUT2D eigenvalue weighted by molar-refractivity contribution is -0.143. The summed E-state index contributed by atoms with van der Waals surface area (Å²) in [5.41, 5.74) is -4.45. The maximum Gasteiger partial charge on any atom is 0.416 e. The van der Waals surface area contributed by atoms with Crippen molar-refractivity contribution in [1.29, 1.82) is 0 Å². The average molecular weight is 499 g/mol. The highest BCUT2D eigenvalue weighted by molar-refractivity contribution is 7.62. The van der Waals surface area contributed by atoms with Crippen LogP contribution in [0.25, 0.3) is 0 Å². The van der Waals surface area contributed by atoms with Gasteiger partial charge in [0.25, 0.3) is 0 Å². The van der Waals surface area contributed by atoms with E-state index in [1.807, 2.05) is 20.8 Å². The molecule has 0 radical (unpaired) electrons. The van der Waals surface area contributed by atoms with Crippen LogP contribution in [-0.4, -0.2) is 31.4 Å². The molecule has 0 amide bonds. The van der Waals surface area contributed by atoms with Crippen LogP contribution < -0.4 is 4.67 Å². The van der Waals surface area contributed by atoms with Crippen molar-refractivity contribution in [3.63, 3.8) is 0 Å². The van der Waals surface area contributed by atoms with Gasteiger partial charge in [0, 0.05) is 11.1 Å². The van der Waals surface area contributed by atoms with Gasteiger partial charge in [-0.25, -0.2) is 0 Å². The van der Waals surface area contributed by atoms with Gasteiger partial charge in [-0.1, -0.05) is 20.8 Å². The Morgan fingerprint density at radius 2 is 1.67 bits per heavy atom. The van der Waals surface area contributed by atoms with E-state index in [4.69, 9.17) is 4.52 Å². The summed E-state index contributed by atoms with van der Waals surface area (Å²) in [5, 5.41) is 0. The summed E-state index contributed by atoms with van der Waals surface area (Å²) in [7, 11) is -3.15. The fourth-order valence-corrected chi connectivity index (χ4v) is 8.58. The molecule has 1 saturated heterocycles. The Bertz CT molecular complexity index is 1010. The summed E-state index contributed by atoms with van der Waals surface area (Å²) in [5.74, 6) is -1.13. The highest BCUT2D eigenvalue weighted by Gasteiger charge is 2.73. The summed E-state index contributed by atoms with van der Waals surface area (Å²) < 4.78 is 107.